The number of rotatable bonds is 6. The van der Waals surface area contributed by atoms with Crippen LogP contribution in [0.4, 0.5) is 5.69 Å². The minimum Gasteiger partial charge on any atom is -0.452 e. The van der Waals surface area contributed by atoms with Gasteiger partial charge in [0.25, 0.3) is 5.91 Å². The maximum Gasteiger partial charge on any atom is 0.338 e. The fraction of sp³-hybridized carbons (Fsp3) is 0.167. The van der Waals surface area contributed by atoms with Crippen LogP contribution in [0.25, 0.3) is 0 Å². The standard InChI is InChI=1S/C18H16N2O5S/c1-26(23,24)12-14-3-2-4-15(9-14)18(22)25-11-17(21)20-16-7-5-13(10-19)6-8-16/h2-9H,11-12H2,1H3,(H,20,21). The van der Waals surface area contributed by atoms with E-state index in [9.17, 15) is 18.0 Å². The molecule has 0 atom stereocenters. The second-order valence-corrected chi connectivity index (χ2v) is 7.72. The van der Waals surface area contributed by atoms with Gasteiger partial charge in [-0.2, -0.15) is 5.26 Å². The van der Waals surface area contributed by atoms with Crippen molar-refractivity contribution in [2.45, 2.75) is 5.75 Å². The predicted molar refractivity (Wildman–Crippen MR) is 95.1 cm³/mol. The van der Waals surface area contributed by atoms with Crippen LogP contribution >= 0.6 is 0 Å². The molecule has 0 bridgehead atoms. The third kappa shape index (κ3) is 6.03. The molecule has 2 aromatic carbocycles. The number of hydrogen-bond donors (Lipinski definition) is 1. The van der Waals surface area contributed by atoms with Gasteiger partial charge in [-0.1, -0.05) is 12.1 Å². The molecule has 2 rings (SSSR count). The van der Waals surface area contributed by atoms with Crippen molar-refractivity contribution >= 4 is 27.4 Å². The Balaban J connectivity index is 1.92. The topological polar surface area (TPSA) is 113 Å². The van der Waals surface area contributed by atoms with Gasteiger partial charge in [-0.3, -0.25) is 4.79 Å². The molecule has 0 aliphatic rings. The molecule has 0 saturated heterocycles. The molecule has 1 N–H and O–H groups in total. The zero-order valence-electron chi connectivity index (χ0n) is 13.9. The van der Waals surface area contributed by atoms with E-state index in [0.29, 0.717) is 16.8 Å². The zero-order chi connectivity index (χ0) is 19.2. The van der Waals surface area contributed by atoms with E-state index in [1.165, 1.54) is 12.1 Å². The predicted octanol–water partition coefficient (Wildman–Crippen LogP) is 1.90. The highest BCUT2D eigenvalue weighted by atomic mass is 32.2. The fourth-order valence-corrected chi connectivity index (χ4v) is 2.92. The summed E-state index contributed by atoms with van der Waals surface area (Å²) in [5.41, 5.74) is 1.56. The summed E-state index contributed by atoms with van der Waals surface area (Å²) in [6.45, 7) is -0.491. The van der Waals surface area contributed by atoms with Gasteiger partial charge < -0.3 is 10.1 Å². The number of ether oxygens (including phenoxy) is 1. The maximum atomic E-state index is 12.0. The van der Waals surface area contributed by atoms with E-state index in [-0.39, 0.29) is 11.3 Å². The number of nitrogens with one attached hydrogen (secondary N) is 1. The molecule has 0 fully saturated rings. The van der Waals surface area contributed by atoms with Crippen molar-refractivity contribution in [3.8, 4) is 6.07 Å². The van der Waals surface area contributed by atoms with Crippen LogP contribution < -0.4 is 5.32 Å². The van der Waals surface area contributed by atoms with Gasteiger partial charge in [0.1, 0.15) is 0 Å². The lowest BCUT2D eigenvalue weighted by molar-refractivity contribution is -0.119. The number of esters is 1. The van der Waals surface area contributed by atoms with Gasteiger partial charge in [0.05, 0.1) is 22.9 Å². The molecule has 1 amide bonds. The van der Waals surface area contributed by atoms with Gasteiger partial charge in [-0.15, -0.1) is 0 Å². The van der Waals surface area contributed by atoms with E-state index in [2.05, 4.69) is 5.32 Å². The number of sulfone groups is 1. The monoisotopic (exact) mass is 372 g/mol. The number of nitriles is 1. The number of carbonyl (C=O) groups excluding carboxylic acids is 2. The molecule has 0 aliphatic carbocycles. The summed E-state index contributed by atoms with van der Waals surface area (Å²) in [5.74, 6) is -1.45. The van der Waals surface area contributed by atoms with E-state index >= 15 is 0 Å². The maximum absolute atomic E-state index is 12.0. The molecule has 7 nitrogen and oxygen atoms in total. The smallest absolute Gasteiger partial charge is 0.338 e. The van der Waals surface area contributed by atoms with E-state index in [1.54, 1.807) is 36.4 Å². The summed E-state index contributed by atoms with van der Waals surface area (Å²) in [4.78, 5) is 23.8. The van der Waals surface area contributed by atoms with Crippen LogP contribution in [0, 0.1) is 11.3 Å². The Labute approximate surface area is 151 Å². The van der Waals surface area contributed by atoms with Gasteiger partial charge in [0.2, 0.25) is 0 Å². The minimum absolute atomic E-state index is 0.164. The van der Waals surface area contributed by atoms with Crippen molar-refractivity contribution in [2.75, 3.05) is 18.2 Å². The Kier molecular flexibility index (Phi) is 6.09. The summed E-state index contributed by atoms with van der Waals surface area (Å²) in [6, 6.07) is 14.2. The Hall–Kier alpha value is -3.18. The Morgan fingerprint density at radius 1 is 1.15 bits per heavy atom. The molecule has 0 aliphatic heterocycles. The van der Waals surface area contributed by atoms with Crippen molar-refractivity contribution in [3.63, 3.8) is 0 Å². The van der Waals surface area contributed by atoms with Crippen LogP contribution in [0.1, 0.15) is 21.5 Å². The highest BCUT2D eigenvalue weighted by Crippen LogP contribution is 2.11. The van der Waals surface area contributed by atoms with E-state index in [4.69, 9.17) is 10.00 Å². The second-order valence-electron chi connectivity index (χ2n) is 5.58. The molecule has 0 aromatic heterocycles. The summed E-state index contributed by atoms with van der Waals surface area (Å²) in [5, 5.41) is 11.3. The van der Waals surface area contributed by atoms with Crippen molar-refractivity contribution in [3.05, 3.63) is 65.2 Å². The van der Waals surface area contributed by atoms with E-state index < -0.39 is 28.3 Å². The molecular weight excluding hydrogens is 356 g/mol. The van der Waals surface area contributed by atoms with Gasteiger partial charge in [0.15, 0.2) is 16.4 Å². The van der Waals surface area contributed by atoms with Crippen LogP contribution in [0.15, 0.2) is 48.5 Å². The lowest BCUT2D eigenvalue weighted by atomic mass is 10.1. The zero-order valence-corrected chi connectivity index (χ0v) is 14.7. The number of anilines is 1. The van der Waals surface area contributed by atoms with Gasteiger partial charge >= 0.3 is 5.97 Å². The summed E-state index contributed by atoms with van der Waals surface area (Å²) < 4.78 is 27.6. The van der Waals surface area contributed by atoms with Crippen LogP contribution in [-0.4, -0.2) is 33.2 Å². The quantitative estimate of drug-likeness (QED) is 0.775. The highest BCUT2D eigenvalue weighted by Gasteiger charge is 2.12. The number of amides is 1. The number of benzene rings is 2. The first-order chi connectivity index (χ1) is 12.3. The van der Waals surface area contributed by atoms with Crippen molar-refractivity contribution < 1.29 is 22.7 Å². The summed E-state index contributed by atoms with van der Waals surface area (Å²) in [7, 11) is -3.22. The molecule has 8 heteroatoms. The third-order valence-corrected chi connectivity index (χ3v) is 4.08. The molecular formula is C18H16N2O5S. The molecule has 0 heterocycles. The van der Waals surface area contributed by atoms with Gasteiger partial charge in [-0.25, -0.2) is 13.2 Å². The van der Waals surface area contributed by atoms with Crippen LogP contribution in [0.5, 0.6) is 0 Å². The van der Waals surface area contributed by atoms with Gasteiger partial charge in [-0.05, 0) is 42.0 Å². The summed E-state index contributed by atoms with van der Waals surface area (Å²) in [6.07, 6.45) is 1.10. The number of hydrogen-bond acceptors (Lipinski definition) is 6. The molecule has 2 aromatic rings. The van der Waals surface area contributed by atoms with Crippen molar-refractivity contribution in [2.24, 2.45) is 0 Å². The number of carbonyl (C=O) groups is 2. The first-order valence-corrected chi connectivity index (χ1v) is 9.57. The van der Waals surface area contributed by atoms with E-state index in [0.717, 1.165) is 6.26 Å². The molecule has 26 heavy (non-hydrogen) atoms. The first kappa shape index (κ1) is 19.1. The van der Waals surface area contributed by atoms with Crippen LogP contribution in [-0.2, 0) is 25.1 Å². The third-order valence-electron chi connectivity index (χ3n) is 3.22. The largest absolute Gasteiger partial charge is 0.452 e. The Morgan fingerprint density at radius 3 is 2.46 bits per heavy atom. The fourth-order valence-electron chi connectivity index (χ4n) is 2.13. The average molecular weight is 372 g/mol. The lowest BCUT2D eigenvalue weighted by Crippen LogP contribution is -2.21. The van der Waals surface area contributed by atoms with Crippen LogP contribution in [0.3, 0.4) is 0 Å². The second kappa shape index (κ2) is 8.27. The molecule has 0 unspecified atom stereocenters. The lowest BCUT2D eigenvalue weighted by Gasteiger charge is -2.07. The SMILES string of the molecule is CS(=O)(=O)Cc1cccc(C(=O)OCC(=O)Nc2ccc(C#N)cc2)c1. The normalized spacial score (nSPS) is 10.6. The van der Waals surface area contributed by atoms with Crippen LogP contribution in [0.2, 0.25) is 0 Å². The molecule has 0 spiro atoms. The first-order valence-electron chi connectivity index (χ1n) is 7.50. The molecule has 134 valence electrons. The summed E-state index contributed by atoms with van der Waals surface area (Å²) >= 11 is 0. The minimum atomic E-state index is -3.22. The molecule has 0 saturated carbocycles. The van der Waals surface area contributed by atoms with Crippen molar-refractivity contribution in [1.82, 2.24) is 0 Å². The van der Waals surface area contributed by atoms with E-state index in [1.807, 2.05) is 6.07 Å². The van der Waals surface area contributed by atoms with Crippen molar-refractivity contribution in [1.29, 1.82) is 5.26 Å². The molecule has 0 radical (unpaired) electrons. The Morgan fingerprint density at radius 2 is 1.85 bits per heavy atom. The average Bonchev–Trinajstić information content (AvgIpc) is 2.59. The Bertz CT molecular complexity index is 960. The van der Waals surface area contributed by atoms with Gasteiger partial charge in [0, 0.05) is 11.9 Å². The highest BCUT2D eigenvalue weighted by molar-refractivity contribution is 7.89. The number of nitrogens with zero attached hydrogens (tertiary/aromatic N) is 1.